The minimum atomic E-state index is -0.131. The quantitative estimate of drug-likeness (QED) is 0.366. The second kappa shape index (κ2) is 11.1. The monoisotopic (exact) mass is 434 g/mol. The van der Waals surface area contributed by atoms with Crippen molar-refractivity contribution in [1.29, 1.82) is 0 Å². The average Bonchev–Trinajstić information content (AvgIpc) is 2.44. The highest BCUT2D eigenvalue weighted by molar-refractivity contribution is 14.0. The fraction of sp³-hybridized carbons (Fsp3) is 0.500. The van der Waals surface area contributed by atoms with Gasteiger partial charge in [-0.05, 0) is 38.5 Å². The zero-order valence-corrected chi connectivity index (χ0v) is 16.7. The van der Waals surface area contributed by atoms with Crippen LogP contribution in [0.3, 0.4) is 0 Å². The van der Waals surface area contributed by atoms with Crippen LogP contribution in [0.5, 0.6) is 5.75 Å². The van der Waals surface area contributed by atoms with Crippen molar-refractivity contribution in [3.8, 4) is 5.75 Å². The molecule has 1 aromatic rings. The van der Waals surface area contributed by atoms with Gasteiger partial charge in [-0.25, -0.2) is 4.99 Å². The van der Waals surface area contributed by atoms with Crippen LogP contribution in [0.15, 0.2) is 23.2 Å². The fourth-order valence-corrected chi connectivity index (χ4v) is 1.90. The average molecular weight is 434 g/mol. The largest absolute Gasteiger partial charge is 0.495 e. The van der Waals surface area contributed by atoms with E-state index in [1.54, 1.807) is 7.11 Å². The number of methoxy groups -OCH3 is 1. The van der Waals surface area contributed by atoms with E-state index in [9.17, 15) is 4.79 Å². The molecule has 23 heavy (non-hydrogen) atoms. The van der Waals surface area contributed by atoms with Crippen molar-refractivity contribution in [1.82, 2.24) is 10.6 Å². The number of carbonyl (C=O) groups is 1. The summed E-state index contributed by atoms with van der Waals surface area (Å²) >= 11 is 0. The van der Waals surface area contributed by atoms with E-state index >= 15 is 0 Å². The Balaban J connectivity index is 0.00000484. The Labute approximate surface area is 155 Å². The van der Waals surface area contributed by atoms with Gasteiger partial charge in [0.2, 0.25) is 5.91 Å². The number of halogens is 1. The summed E-state index contributed by atoms with van der Waals surface area (Å²) in [6, 6.07) is 5.96. The molecule has 0 radical (unpaired) electrons. The van der Waals surface area contributed by atoms with Crippen molar-refractivity contribution >= 4 is 41.5 Å². The summed E-state index contributed by atoms with van der Waals surface area (Å²) in [5.74, 6) is 1.28. The zero-order chi connectivity index (χ0) is 16.5. The Morgan fingerprint density at radius 2 is 2.04 bits per heavy atom. The third-order valence-electron chi connectivity index (χ3n) is 2.76. The molecule has 0 heterocycles. The van der Waals surface area contributed by atoms with Gasteiger partial charge in [-0.3, -0.25) is 4.79 Å². The predicted molar refractivity (Wildman–Crippen MR) is 106 cm³/mol. The van der Waals surface area contributed by atoms with Crippen LogP contribution in [-0.4, -0.2) is 31.6 Å². The number of nitrogens with zero attached hydrogens (tertiary/aromatic N) is 1. The van der Waals surface area contributed by atoms with Gasteiger partial charge in [0.15, 0.2) is 5.96 Å². The first-order valence-corrected chi connectivity index (χ1v) is 7.45. The number of rotatable bonds is 6. The molecular formula is C16H27IN4O2. The molecule has 0 saturated carbocycles. The molecule has 1 rings (SSSR count). The summed E-state index contributed by atoms with van der Waals surface area (Å²) in [7, 11) is 1.58. The molecule has 0 aliphatic heterocycles. The van der Waals surface area contributed by atoms with E-state index in [0.29, 0.717) is 24.0 Å². The number of aliphatic imine (C=N–C) groups is 1. The Kier molecular flexibility index (Phi) is 10.4. The second-order valence-corrected chi connectivity index (χ2v) is 5.21. The molecule has 3 N–H and O–H groups in total. The van der Waals surface area contributed by atoms with Gasteiger partial charge in [-0.1, -0.05) is 6.07 Å². The van der Waals surface area contributed by atoms with E-state index in [-0.39, 0.29) is 29.9 Å². The van der Waals surface area contributed by atoms with Crippen LogP contribution in [0.25, 0.3) is 0 Å². The van der Waals surface area contributed by atoms with Crippen LogP contribution in [0.1, 0.15) is 33.3 Å². The first-order valence-electron chi connectivity index (χ1n) is 7.45. The van der Waals surface area contributed by atoms with Gasteiger partial charge in [-0.15, -0.1) is 24.0 Å². The minimum Gasteiger partial charge on any atom is -0.495 e. The van der Waals surface area contributed by atoms with Gasteiger partial charge in [0, 0.05) is 19.5 Å². The number of hydrogen-bond acceptors (Lipinski definition) is 3. The number of ether oxygens (including phenoxy) is 1. The lowest BCUT2D eigenvalue weighted by molar-refractivity contribution is -0.114. The van der Waals surface area contributed by atoms with Crippen LogP contribution in [-0.2, 0) is 11.3 Å². The molecule has 7 heteroatoms. The molecule has 0 atom stereocenters. The summed E-state index contributed by atoms with van der Waals surface area (Å²) in [4.78, 5) is 15.8. The number of amides is 1. The minimum absolute atomic E-state index is 0. The van der Waals surface area contributed by atoms with Gasteiger partial charge in [0.05, 0.1) is 19.3 Å². The normalized spacial score (nSPS) is 10.8. The lowest BCUT2D eigenvalue weighted by Crippen LogP contribution is -2.40. The summed E-state index contributed by atoms with van der Waals surface area (Å²) < 4.78 is 5.24. The molecular weight excluding hydrogens is 407 g/mol. The molecule has 0 spiro atoms. The first-order chi connectivity index (χ1) is 10.5. The van der Waals surface area contributed by atoms with E-state index in [1.165, 1.54) is 6.92 Å². The Bertz CT molecular complexity index is 533. The van der Waals surface area contributed by atoms with Crippen molar-refractivity contribution in [2.75, 3.05) is 19.0 Å². The molecule has 0 fully saturated rings. The number of guanidine groups is 1. The van der Waals surface area contributed by atoms with Crippen LogP contribution in [0, 0.1) is 0 Å². The van der Waals surface area contributed by atoms with E-state index in [4.69, 9.17) is 4.74 Å². The third kappa shape index (κ3) is 8.06. The SMILES string of the molecule is CCNC(=NCc1ccc(OC)c(NC(C)=O)c1)NC(C)C.I. The molecule has 0 aromatic heterocycles. The number of nitrogens with one attached hydrogen (secondary N) is 3. The molecule has 0 saturated heterocycles. The van der Waals surface area contributed by atoms with Crippen molar-refractivity contribution < 1.29 is 9.53 Å². The summed E-state index contributed by atoms with van der Waals surface area (Å²) in [5.41, 5.74) is 1.65. The van der Waals surface area contributed by atoms with E-state index < -0.39 is 0 Å². The van der Waals surface area contributed by atoms with Gasteiger partial charge < -0.3 is 20.7 Å². The van der Waals surface area contributed by atoms with Crippen molar-refractivity contribution in [3.63, 3.8) is 0 Å². The summed E-state index contributed by atoms with van der Waals surface area (Å²) in [5, 5.41) is 9.23. The Morgan fingerprint density at radius 3 is 2.57 bits per heavy atom. The van der Waals surface area contributed by atoms with Crippen LogP contribution in [0.4, 0.5) is 5.69 Å². The zero-order valence-electron chi connectivity index (χ0n) is 14.4. The second-order valence-electron chi connectivity index (χ2n) is 5.21. The van der Waals surface area contributed by atoms with Crippen LogP contribution in [0.2, 0.25) is 0 Å². The smallest absolute Gasteiger partial charge is 0.221 e. The number of benzene rings is 1. The fourth-order valence-electron chi connectivity index (χ4n) is 1.90. The third-order valence-corrected chi connectivity index (χ3v) is 2.76. The van der Waals surface area contributed by atoms with E-state index in [1.807, 2.05) is 25.1 Å². The molecule has 0 aliphatic rings. The summed E-state index contributed by atoms with van der Waals surface area (Å²) in [6.07, 6.45) is 0. The molecule has 1 amide bonds. The maximum absolute atomic E-state index is 11.3. The van der Waals surface area contributed by atoms with Gasteiger partial charge >= 0.3 is 0 Å². The number of anilines is 1. The van der Waals surface area contributed by atoms with Crippen molar-refractivity contribution in [2.45, 2.75) is 40.3 Å². The maximum atomic E-state index is 11.3. The molecule has 0 aliphatic carbocycles. The lowest BCUT2D eigenvalue weighted by Gasteiger charge is -2.14. The lowest BCUT2D eigenvalue weighted by atomic mass is 10.2. The van der Waals surface area contributed by atoms with Crippen molar-refractivity contribution in [2.24, 2.45) is 4.99 Å². The maximum Gasteiger partial charge on any atom is 0.221 e. The molecule has 0 unspecified atom stereocenters. The van der Waals surface area contributed by atoms with Gasteiger partial charge in [0.1, 0.15) is 5.75 Å². The highest BCUT2D eigenvalue weighted by atomic mass is 127. The Morgan fingerprint density at radius 1 is 1.35 bits per heavy atom. The molecule has 130 valence electrons. The van der Waals surface area contributed by atoms with Gasteiger partial charge in [0.25, 0.3) is 0 Å². The topological polar surface area (TPSA) is 74.8 Å². The standard InChI is InChI=1S/C16H26N4O2.HI/c1-6-17-16(19-11(2)3)18-10-13-7-8-15(22-5)14(9-13)20-12(4)21;/h7-9,11H,6,10H2,1-5H3,(H,20,21)(H2,17,18,19);1H. The molecule has 1 aromatic carbocycles. The number of carbonyl (C=O) groups excluding carboxylic acids is 1. The van der Waals surface area contributed by atoms with Crippen LogP contribution < -0.4 is 20.7 Å². The Hall–Kier alpha value is -1.51. The van der Waals surface area contributed by atoms with Gasteiger partial charge in [-0.2, -0.15) is 0 Å². The predicted octanol–water partition coefficient (Wildman–Crippen LogP) is 2.74. The van der Waals surface area contributed by atoms with E-state index in [2.05, 4.69) is 34.8 Å². The van der Waals surface area contributed by atoms with Crippen LogP contribution >= 0.6 is 24.0 Å². The molecule has 0 bridgehead atoms. The highest BCUT2D eigenvalue weighted by Crippen LogP contribution is 2.25. The highest BCUT2D eigenvalue weighted by Gasteiger charge is 2.06. The van der Waals surface area contributed by atoms with Crippen molar-refractivity contribution in [3.05, 3.63) is 23.8 Å². The molecule has 6 nitrogen and oxygen atoms in total. The first kappa shape index (κ1) is 21.5. The number of hydrogen-bond donors (Lipinski definition) is 3. The van der Waals surface area contributed by atoms with E-state index in [0.717, 1.165) is 18.1 Å². The summed E-state index contributed by atoms with van der Waals surface area (Å²) in [6.45, 7) is 8.95.